The lowest BCUT2D eigenvalue weighted by Gasteiger charge is -2.14. The van der Waals surface area contributed by atoms with E-state index in [1.807, 2.05) is 6.07 Å². The predicted octanol–water partition coefficient (Wildman–Crippen LogP) is 5.13. The highest BCUT2D eigenvalue weighted by Gasteiger charge is 2.15. The maximum Gasteiger partial charge on any atom is 0.335 e. The van der Waals surface area contributed by atoms with Crippen molar-refractivity contribution >= 4 is 46.2 Å². The number of halogens is 1. The Morgan fingerprint density at radius 1 is 1.06 bits per heavy atom. The Balaban J connectivity index is 1.77. The summed E-state index contributed by atoms with van der Waals surface area (Å²) in [6, 6.07) is 18.5. The maximum atomic E-state index is 12.6. The minimum atomic E-state index is -0.994. The van der Waals surface area contributed by atoms with Crippen LogP contribution in [-0.2, 0) is 11.4 Å². The second-order valence-electron chi connectivity index (χ2n) is 7.18. The summed E-state index contributed by atoms with van der Waals surface area (Å²) in [5, 5.41) is 21.2. The minimum absolute atomic E-state index is 0.0779. The summed E-state index contributed by atoms with van der Waals surface area (Å²) in [7, 11) is 3.05. The third kappa shape index (κ3) is 6.74. The number of amides is 1. The van der Waals surface area contributed by atoms with Crippen molar-refractivity contribution in [1.29, 1.82) is 5.26 Å². The van der Waals surface area contributed by atoms with Crippen LogP contribution in [0.3, 0.4) is 0 Å². The molecule has 3 aromatic rings. The van der Waals surface area contributed by atoms with Gasteiger partial charge in [-0.25, -0.2) is 4.79 Å². The van der Waals surface area contributed by atoms with Gasteiger partial charge < -0.3 is 24.6 Å². The van der Waals surface area contributed by atoms with Gasteiger partial charge in [0, 0.05) is 5.69 Å². The van der Waals surface area contributed by atoms with Crippen LogP contribution < -0.4 is 19.5 Å². The van der Waals surface area contributed by atoms with Crippen molar-refractivity contribution in [1.82, 2.24) is 0 Å². The van der Waals surface area contributed by atoms with Gasteiger partial charge in [-0.2, -0.15) is 5.26 Å². The van der Waals surface area contributed by atoms with Crippen LogP contribution >= 0.6 is 22.6 Å². The van der Waals surface area contributed by atoms with Crippen LogP contribution in [0.4, 0.5) is 5.69 Å². The number of rotatable bonds is 9. The number of aromatic carboxylic acids is 1. The van der Waals surface area contributed by atoms with E-state index in [2.05, 4.69) is 27.9 Å². The fourth-order valence-corrected chi connectivity index (χ4v) is 3.83. The topological polar surface area (TPSA) is 118 Å². The molecule has 0 spiro atoms. The molecule has 0 heterocycles. The Hall–Kier alpha value is -4.04. The first kappa shape index (κ1) is 25.6. The number of ether oxygens (including phenoxy) is 3. The number of anilines is 1. The van der Waals surface area contributed by atoms with Crippen molar-refractivity contribution in [2.75, 3.05) is 19.5 Å². The van der Waals surface area contributed by atoms with E-state index in [1.54, 1.807) is 55.6 Å². The molecule has 8 nitrogen and oxygen atoms in total. The van der Waals surface area contributed by atoms with Crippen molar-refractivity contribution in [3.8, 4) is 23.3 Å². The molecule has 0 unspecified atom stereocenters. The summed E-state index contributed by atoms with van der Waals surface area (Å²) in [6.07, 6.45) is 1.47. The molecule has 0 aliphatic carbocycles. The monoisotopic (exact) mass is 584 g/mol. The first-order valence-electron chi connectivity index (χ1n) is 10.2. The molecule has 178 valence electrons. The highest BCUT2D eigenvalue weighted by Crippen LogP contribution is 2.35. The molecule has 0 bridgehead atoms. The number of nitriles is 1. The molecule has 0 aromatic heterocycles. The largest absolute Gasteiger partial charge is 0.497 e. The van der Waals surface area contributed by atoms with Gasteiger partial charge in [0.2, 0.25) is 0 Å². The standard InChI is InChI=1S/C26H21IN2O6/c1-33-21-9-7-20(8-10-21)29-25(30)19(14-28)11-17-12-22(27)24(23(13-17)34-2)35-15-16-3-5-18(6-4-16)26(31)32/h3-13H,15H2,1-2H3,(H,29,30)(H,31,32)/b19-11-. The zero-order chi connectivity index (χ0) is 25.4. The molecule has 1 amide bonds. The van der Waals surface area contributed by atoms with E-state index in [9.17, 15) is 14.9 Å². The van der Waals surface area contributed by atoms with Crippen LogP contribution in [0.2, 0.25) is 0 Å². The van der Waals surface area contributed by atoms with Gasteiger partial charge in [0.25, 0.3) is 5.91 Å². The minimum Gasteiger partial charge on any atom is -0.497 e. The molecular weight excluding hydrogens is 563 g/mol. The molecule has 0 radical (unpaired) electrons. The van der Waals surface area contributed by atoms with Gasteiger partial charge in [-0.15, -0.1) is 0 Å². The third-order valence-corrected chi connectivity index (χ3v) is 5.66. The van der Waals surface area contributed by atoms with Crippen molar-refractivity contribution in [2.45, 2.75) is 6.61 Å². The highest BCUT2D eigenvalue weighted by atomic mass is 127. The normalized spacial score (nSPS) is 10.7. The van der Waals surface area contributed by atoms with Crippen LogP contribution in [0.5, 0.6) is 17.2 Å². The molecule has 0 aliphatic heterocycles. The molecule has 0 aliphatic rings. The Morgan fingerprint density at radius 2 is 1.74 bits per heavy atom. The summed E-state index contributed by atoms with van der Waals surface area (Å²) in [5.41, 5.74) is 2.03. The Morgan fingerprint density at radius 3 is 2.31 bits per heavy atom. The van der Waals surface area contributed by atoms with E-state index in [1.165, 1.54) is 25.3 Å². The van der Waals surface area contributed by atoms with Crippen LogP contribution in [0.15, 0.2) is 66.2 Å². The highest BCUT2D eigenvalue weighted by molar-refractivity contribution is 14.1. The van der Waals surface area contributed by atoms with Gasteiger partial charge in [0.05, 0.1) is 23.4 Å². The number of nitrogens with zero attached hydrogens (tertiary/aromatic N) is 1. The summed E-state index contributed by atoms with van der Waals surface area (Å²) in [5.74, 6) is 0.0377. The van der Waals surface area contributed by atoms with Crippen molar-refractivity contribution in [2.24, 2.45) is 0 Å². The quantitative estimate of drug-likeness (QED) is 0.203. The molecule has 0 atom stereocenters. The molecular formula is C26H21IN2O6. The Bertz CT molecular complexity index is 1300. The van der Waals surface area contributed by atoms with E-state index < -0.39 is 11.9 Å². The summed E-state index contributed by atoms with van der Waals surface area (Å²) >= 11 is 2.09. The first-order chi connectivity index (χ1) is 16.8. The second kappa shape index (κ2) is 11.9. The lowest BCUT2D eigenvalue weighted by Crippen LogP contribution is -2.13. The van der Waals surface area contributed by atoms with Crippen molar-refractivity contribution < 1.29 is 28.9 Å². The molecule has 0 saturated carbocycles. The predicted molar refractivity (Wildman–Crippen MR) is 139 cm³/mol. The molecule has 35 heavy (non-hydrogen) atoms. The lowest BCUT2D eigenvalue weighted by molar-refractivity contribution is -0.112. The second-order valence-corrected chi connectivity index (χ2v) is 8.34. The van der Waals surface area contributed by atoms with Gasteiger partial charge in [-0.1, -0.05) is 12.1 Å². The number of methoxy groups -OCH3 is 2. The van der Waals surface area contributed by atoms with E-state index in [4.69, 9.17) is 19.3 Å². The summed E-state index contributed by atoms with van der Waals surface area (Å²) in [6.45, 7) is 0.204. The number of hydrogen-bond donors (Lipinski definition) is 2. The fourth-order valence-electron chi connectivity index (χ4n) is 3.05. The van der Waals surface area contributed by atoms with Gasteiger partial charge in [-0.05, 0) is 88.3 Å². The molecule has 3 rings (SSSR count). The molecule has 9 heteroatoms. The molecule has 3 aromatic carbocycles. The Labute approximate surface area is 215 Å². The average Bonchev–Trinajstić information content (AvgIpc) is 2.86. The zero-order valence-electron chi connectivity index (χ0n) is 18.9. The van der Waals surface area contributed by atoms with Gasteiger partial charge in [-0.3, -0.25) is 4.79 Å². The SMILES string of the molecule is COc1ccc(NC(=O)/C(C#N)=C\c2cc(I)c(OCc3ccc(C(=O)O)cc3)c(OC)c2)cc1. The summed E-state index contributed by atoms with van der Waals surface area (Å²) < 4.78 is 17.2. The number of carboxylic acid groups (broad SMARTS) is 1. The van der Waals surface area contributed by atoms with Crippen LogP contribution in [0.1, 0.15) is 21.5 Å². The number of carbonyl (C=O) groups excluding carboxylic acids is 1. The smallest absolute Gasteiger partial charge is 0.335 e. The fraction of sp³-hybridized carbons (Fsp3) is 0.115. The third-order valence-electron chi connectivity index (χ3n) is 4.86. The number of hydrogen-bond acceptors (Lipinski definition) is 6. The number of nitrogens with one attached hydrogen (secondary N) is 1. The number of benzene rings is 3. The first-order valence-corrected chi connectivity index (χ1v) is 11.3. The molecule has 2 N–H and O–H groups in total. The van der Waals surface area contributed by atoms with Crippen LogP contribution in [-0.4, -0.2) is 31.2 Å². The van der Waals surface area contributed by atoms with Crippen LogP contribution in [0, 0.1) is 14.9 Å². The Kier molecular flexibility index (Phi) is 8.69. The average molecular weight is 584 g/mol. The van der Waals surface area contributed by atoms with E-state index in [-0.39, 0.29) is 17.7 Å². The van der Waals surface area contributed by atoms with Gasteiger partial charge in [0.1, 0.15) is 24.0 Å². The lowest BCUT2D eigenvalue weighted by atomic mass is 10.1. The van der Waals surface area contributed by atoms with Gasteiger partial charge in [0.15, 0.2) is 11.5 Å². The molecule has 0 saturated heterocycles. The number of carboxylic acids is 1. The van der Waals surface area contributed by atoms with Crippen molar-refractivity contribution in [3.63, 3.8) is 0 Å². The van der Waals surface area contributed by atoms with E-state index >= 15 is 0 Å². The van der Waals surface area contributed by atoms with E-state index in [0.717, 1.165) is 5.56 Å². The molecule has 0 fully saturated rings. The van der Waals surface area contributed by atoms with Gasteiger partial charge >= 0.3 is 5.97 Å². The van der Waals surface area contributed by atoms with E-state index in [0.29, 0.717) is 32.1 Å². The summed E-state index contributed by atoms with van der Waals surface area (Å²) in [4.78, 5) is 23.6. The maximum absolute atomic E-state index is 12.6. The van der Waals surface area contributed by atoms with Crippen molar-refractivity contribution in [3.05, 3.63) is 86.5 Å². The zero-order valence-corrected chi connectivity index (χ0v) is 21.0. The number of carbonyl (C=O) groups is 2. The van der Waals surface area contributed by atoms with Crippen LogP contribution in [0.25, 0.3) is 6.08 Å².